The van der Waals surface area contributed by atoms with E-state index in [1.165, 1.54) is 4.90 Å². The highest BCUT2D eigenvalue weighted by atomic mass is 32.2. The van der Waals surface area contributed by atoms with Gasteiger partial charge in [-0.3, -0.25) is 9.78 Å². The second-order valence-electron chi connectivity index (χ2n) is 5.49. The Morgan fingerprint density at radius 3 is 2.42 bits per heavy atom. The van der Waals surface area contributed by atoms with Crippen molar-refractivity contribution in [2.24, 2.45) is 0 Å². The molecule has 0 saturated carbocycles. The molecule has 2 rings (SSSR count). The summed E-state index contributed by atoms with van der Waals surface area (Å²) in [6.07, 6.45) is 1.86. The highest BCUT2D eigenvalue weighted by molar-refractivity contribution is 7.91. The van der Waals surface area contributed by atoms with Crippen molar-refractivity contribution in [2.45, 2.75) is 32.1 Å². The lowest BCUT2D eigenvalue weighted by Gasteiger charge is -2.23. The number of anilines is 1. The van der Waals surface area contributed by atoms with Gasteiger partial charge in [-0.15, -0.1) is 0 Å². The fourth-order valence-corrected chi connectivity index (χ4v) is 3.55. The first-order valence-electron chi connectivity index (χ1n) is 7.92. The van der Waals surface area contributed by atoms with E-state index in [9.17, 15) is 13.2 Å². The molecule has 128 valence electrons. The van der Waals surface area contributed by atoms with E-state index in [2.05, 4.69) is 4.98 Å². The summed E-state index contributed by atoms with van der Waals surface area (Å²) in [5.41, 5.74) is 2.13. The van der Waals surface area contributed by atoms with Crippen LogP contribution in [0.3, 0.4) is 0 Å². The zero-order chi connectivity index (χ0) is 17.7. The van der Waals surface area contributed by atoms with Gasteiger partial charge in [0.15, 0.2) is 9.84 Å². The Kier molecular flexibility index (Phi) is 5.72. The van der Waals surface area contributed by atoms with Crippen LogP contribution in [0.15, 0.2) is 47.5 Å². The first kappa shape index (κ1) is 18.1. The van der Waals surface area contributed by atoms with Gasteiger partial charge in [-0.05, 0) is 37.6 Å². The third-order valence-electron chi connectivity index (χ3n) is 3.82. The number of likely N-dealkylation sites (N-methyl/N-ethyl adjacent to an activating group) is 1. The van der Waals surface area contributed by atoms with Gasteiger partial charge in [-0.2, -0.15) is 0 Å². The Labute approximate surface area is 143 Å². The molecule has 0 radical (unpaired) electrons. The lowest BCUT2D eigenvalue weighted by Crippen LogP contribution is -2.33. The van der Waals surface area contributed by atoms with Crippen molar-refractivity contribution in [3.05, 3.63) is 53.9 Å². The van der Waals surface area contributed by atoms with E-state index in [1.807, 2.05) is 26.0 Å². The average molecular weight is 346 g/mol. The highest BCUT2D eigenvalue weighted by Crippen LogP contribution is 2.26. The number of aryl methyl sites for hydroxylation is 1. The van der Waals surface area contributed by atoms with Crippen LogP contribution in [0.25, 0.3) is 0 Å². The van der Waals surface area contributed by atoms with Crippen LogP contribution in [0.1, 0.15) is 25.1 Å². The minimum absolute atomic E-state index is 0.00234. The number of amides is 1. The molecule has 0 N–H and O–H groups in total. The molecule has 0 unspecified atom stereocenters. The normalized spacial score (nSPS) is 11.3. The molecule has 6 heteroatoms. The molecule has 0 spiro atoms. The lowest BCUT2D eigenvalue weighted by atomic mass is 10.1. The largest absolute Gasteiger partial charge is 0.311 e. The van der Waals surface area contributed by atoms with Crippen molar-refractivity contribution in [3.8, 4) is 0 Å². The van der Waals surface area contributed by atoms with Crippen LogP contribution >= 0.6 is 0 Å². The summed E-state index contributed by atoms with van der Waals surface area (Å²) < 4.78 is 24.6. The zero-order valence-electron chi connectivity index (χ0n) is 14.2. The number of pyridine rings is 1. The number of para-hydroxylation sites is 1. The van der Waals surface area contributed by atoms with Crippen LogP contribution in [0, 0.1) is 6.92 Å². The van der Waals surface area contributed by atoms with Crippen molar-refractivity contribution in [2.75, 3.05) is 17.2 Å². The van der Waals surface area contributed by atoms with Crippen LogP contribution < -0.4 is 4.90 Å². The van der Waals surface area contributed by atoms with Crippen molar-refractivity contribution < 1.29 is 13.2 Å². The predicted octanol–water partition coefficient (Wildman–Crippen LogP) is 2.78. The van der Waals surface area contributed by atoms with Gasteiger partial charge >= 0.3 is 0 Å². The molecule has 0 aliphatic carbocycles. The van der Waals surface area contributed by atoms with Crippen LogP contribution in [0.5, 0.6) is 0 Å². The second-order valence-corrected chi connectivity index (χ2v) is 7.74. The number of hydrogen-bond donors (Lipinski definition) is 0. The van der Waals surface area contributed by atoms with Gasteiger partial charge in [0, 0.05) is 18.4 Å². The van der Waals surface area contributed by atoms with Crippen molar-refractivity contribution in [3.63, 3.8) is 0 Å². The Bertz CT molecular complexity index is 814. The van der Waals surface area contributed by atoms with Crippen molar-refractivity contribution in [1.82, 2.24) is 4.98 Å². The van der Waals surface area contributed by atoms with Gasteiger partial charge in [0.2, 0.25) is 5.91 Å². The van der Waals surface area contributed by atoms with E-state index in [-0.39, 0.29) is 23.0 Å². The fraction of sp³-hybridized carbons (Fsp3) is 0.333. The molecule has 1 aromatic carbocycles. The maximum absolute atomic E-state index is 12.7. The summed E-state index contributed by atoms with van der Waals surface area (Å²) in [6, 6.07) is 10.4. The van der Waals surface area contributed by atoms with Crippen LogP contribution in [-0.2, 0) is 21.1 Å². The van der Waals surface area contributed by atoms with Crippen LogP contribution in [0.4, 0.5) is 5.69 Å². The van der Waals surface area contributed by atoms with E-state index in [0.29, 0.717) is 12.2 Å². The molecule has 5 nitrogen and oxygen atoms in total. The molecule has 1 amide bonds. The molecule has 24 heavy (non-hydrogen) atoms. The standard InChI is InChI=1S/C18H22N2O3S/c1-4-20(18(21)12-15-11-10-14(3)19-13-15)16-8-6-7-9-17(16)24(22,23)5-2/h6-11,13H,4-5,12H2,1-3H3. The van der Waals surface area contributed by atoms with E-state index < -0.39 is 9.84 Å². The molecule has 1 heterocycles. The molecular weight excluding hydrogens is 324 g/mol. The maximum Gasteiger partial charge on any atom is 0.231 e. The van der Waals surface area contributed by atoms with Gasteiger partial charge in [-0.1, -0.05) is 25.1 Å². The first-order valence-corrected chi connectivity index (χ1v) is 9.58. The number of sulfone groups is 1. The summed E-state index contributed by atoms with van der Waals surface area (Å²) >= 11 is 0. The Morgan fingerprint density at radius 1 is 1.12 bits per heavy atom. The monoisotopic (exact) mass is 346 g/mol. The smallest absolute Gasteiger partial charge is 0.231 e. The van der Waals surface area contributed by atoms with Gasteiger partial charge in [0.1, 0.15) is 0 Å². The topological polar surface area (TPSA) is 67.3 Å². The summed E-state index contributed by atoms with van der Waals surface area (Å²) in [5.74, 6) is -0.153. The number of carbonyl (C=O) groups excluding carboxylic acids is 1. The molecule has 2 aromatic rings. The summed E-state index contributed by atoms with van der Waals surface area (Å²) in [5, 5.41) is 0. The molecule has 0 bridgehead atoms. The minimum Gasteiger partial charge on any atom is -0.311 e. The van der Waals surface area contributed by atoms with Crippen LogP contribution in [-0.4, -0.2) is 31.6 Å². The van der Waals surface area contributed by atoms with Gasteiger partial charge in [0.25, 0.3) is 0 Å². The van der Waals surface area contributed by atoms with Crippen molar-refractivity contribution in [1.29, 1.82) is 0 Å². The first-order chi connectivity index (χ1) is 11.4. The molecule has 0 aliphatic rings. The molecule has 0 atom stereocenters. The molecular formula is C18H22N2O3S. The fourth-order valence-electron chi connectivity index (χ4n) is 2.45. The molecule has 0 aliphatic heterocycles. The highest BCUT2D eigenvalue weighted by Gasteiger charge is 2.23. The number of nitrogens with zero attached hydrogens (tertiary/aromatic N) is 2. The summed E-state index contributed by atoms with van der Waals surface area (Å²) in [7, 11) is -3.40. The second kappa shape index (κ2) is 7.57. The molecule has 1 aromatic heterocycles. The number of aromatic nitrogens is 1. The number of rotatable bonds is 6. The quantitative estimate of drug-likeness (QED) is 0.806. The lowest BCUT2D eigenvalue weighted by molar-refractivity contribution is -0.118. The van der Waals surface area contributed by atoms with E-state index >= 15 is 0 Å². The number of benzene rings is 1. The van der Waals surface area contributed by atoms with Crippen LogP contribution in [0.2, 0.25) is 0 Å². The summed E-state index contributed by atoms with van der Waals surface area (Å²) in [4.78, 5) is 18.6. The number of hydrogen-bond acceptors (Lipinski definition) is 4. The maximum atomic E-state index is 12.7. The van der Waals surface area contributed by atoms with E-state index in [1.54, 1.807) is 37.4 Å². The van der Waals surface area contributed by atoms with Crippen molar-refractivity contribution >= 4 is 21.4 Å². The van der Waals surface area contributed by atoms with E-state index in [0.717, 1.165) is 11.3 Å². The van der Waals surface area contributed by atoms with Gasteiger partial charge in [-0.25, -0.2) is 8.42 Å². The SMILES string of the molecule is CCN(C(=O)Cc1ccc(C)nc1)c1ccccc1S(=O)(=O)CC. The van der Waals surface area contributed by atoms with E-state index in [4.69, 9.17) is 0 Å². The zero-order valence-corrected chi connectivity index (χ0v) is 15.0. The summed E-state index contributed by atoms with van der Waals surface area (Å²) in [6.45, 7) is 5.72. The Hall–Kier alpha value is -2.21. The predicted molar refractivity (Wildman–Crippen MR) is 94.9 cm³/mol. The van der Waals surface area contributed by atoms with Gasteiger partial charge in [0.05, 0.1) is 22.8 Å². The Morgan fingerprint density at radius 2 is 1.83 bits per heavy atom. The molecule has 0 fully saturated rings. The Balaban J connectivity index is 2.35. The molecule has 0 saturated heterocycles. The number of carbonyl (C=O) groups is 1. The van der Waals surface area contributed by atoms with Gasteiger partial charge < -0.3 is 4.90 Å². The third-order valence-corrected chi connectivity index (χ3v) is 5.59. The minimum atomic E-state index is -3.40. The average Bonchev–Trinajstić information content (AvgIpc) is 2.58. The third kappa shape index (κ3) is 4.00.